The molecule has 0 saturated carbocycles. The second-order valence-electron chi connectivity index (χ2n) is 7.17. The van der Waals surface area contributed by atoms with Gasteiger partial charge >= 0.3 is 0 Å². The zero-order valence-electron chi connectivity index (χ0n) is 18.0. The number of rotatable bonds is 8. The normalized spacial score (nSPS) is 10.7. The molecule has 4 rings (SSSR count). The van der Waals surface area contributed by atoms with Gasteiger partial charge in [0.2, 0.25) is 5.91 Å². The van der Waals surface area contributed by atoms with Crippen LogP contribution < -0.4 is 10.1 Å². The van der Waals surface area contributed by atoms with Crippen molar-refractivity contribution in [2.24, 2.45) is 0 Å². The Morgan fingerprint density at radius 3 is 2.41 bits per heavy atom. The Hall–Kier alpha value is -3.58. The SMILES string of the molecule is COc1ccc(NC(=O)CCSc2nnc(-c3ccccc3)n2-c2ccccc2)c(C)c1. The van der Waals surface area contributed by atoms with Gasteiger partial charge in [0.1, 0.15) is 5.75 Å². The van der Waals surface area contributed by atoms with Crippen molar-refractivity contribution in [1.82, 2.24) is 14.8 Å². The number of para-hydroxylation sites is 1. The summed E-state index contributed by atoms with van der Waals surface area (Å²) < 4.78 is 7.25. The van der Waals surface area contributed by atoms with Crippen molar-refractivity contribution in [3.63, 3.8) is 0 Å². The Morgan fingerprint density at radius 1 is 1.00 bits per heavy atom. The summed E-state index contributed by atoms with van der Waals surface area (Å²) >= 11 is 1.52. The smallest absolute Gasteiger partial charge is 0.225 e. The van der Waals surface area contributed by atoms with E-state index >= 15 is 0 Å². The molecule has 0 radical (unpaired) electrons. The number of hydrogen-bond acceptors (Lipinski definition) is 5. The molecular weight excluding hydrogens is 420 g/mol. The first kappa shape index (κ1) is 21.6. The largest absolute Gasteiger partial charge is 0.497 e. The second kappa shape index (κ2) is 10.2. The summed E-state index contributed by atoms with van der Waals surface area (Å²) in [6.07, 6.45) is 0.360. The average Bonchev–Trinajstić information content (AvgIpc) is 3.25. The summed E-state index contributed by atoms with van der Waals surface area (Å²) in [6.45, 7) is 1.94. The molecule has 4 aromatic rings. The first-order valence-electron chi connectivity index (χ1n) is 10.3. The van der Waals surface area contributed by atoms with Crippen molar-refractivity contribution in [1.29, 1.82) is 0 Å². The number of nitrogens with zero attached hydrogens (tertiary/aromatic N) is 3. The van der Waals surface area contributed by atoms with Gasteiger partial charge in [-0.2, -0.15) is 0 Å². The topological polar surface area (TPSA) is 69.0 Å². The van der Waals surface area contributed by atoms with Crippen molar-refractivity contribution in [2.75, 3.05) is 18.2 Å². The van der Waals surface area contributed by atoms with E-state index in [0.717, 1.165) is 39.2 Å². The third-order valence-corrected chi connectivity index (χ3v) is 5.88. The van der Waals surface area contributed by atoms with E-state index in [0.29, 0.717) is 12.2 Å². The highest BCUT2D eigenvalue weighted by molar-refractivity contribution is 7.99. The summed E-state index contributed by atoms with van der Waals surface area (Å²) in [5, 5.41) is 12.6. The third kappa shape index (κ3) is 5.00. The quantitative estimate of drug-likeness (QED) is 0.370. The van der Waals surface area contributed by atoms with Gasteiger partial charge in [-0.3, -0.25) is 9.36 Å². The number of aryl methyl sites for hydroxylation is 1. The highest BCUT2D eigenvalue weighted by Gasteiger charge is 2.16. The lowest BCUT2D eigenvalue weighted by atomic mass is 10.2. The fourth-order valence-corrected chi connectivity index (χ4v) is 4.19. The molecule has 6 nitrogen and oxygen atoms in total. The first-order valence-corrected chi connectivity index (χ1v) is 11.3. The zero-order chi connectivity index (χ0) is 22.3. The molecule has 0 aliphatic rings. The lowest BCUT2D eigenvalue weighted by Crippen LogP contribution is -2.13. The van der Waals surface area contributed by atoms with E-state index in [-0.39, 0.29) is 5.91 Å². The van der Waals surface area contributed by atoms with Crippen LogP contribution in [0.1, 0.15) is 12.0 Å². The van der Waals surface area contributed by atoms with Crippen LogP contribution in [0.2, 0.25) is 0 Å². The number of hydrogen-bond donors (Lipinski definition) is 1. The Labute approximate surface area is 191 Å². The highest BCUT2D eigenvalue weighted by atomic mass is 32.2. The maximum Gasteiger partial charge on any atom is 0.225 e. The number of amides is 1. The predicted molar refractivity (Wildman–Crippen MR) is 128 cm³/mol. The van der Waals surface area contributed by atoms with E-state index in [1.165, 1.54) is 11.8 Å². The summed E-state index contributed by atoms with van der Waals surface area (Å²) in [5.74, 6) is 2.09. The van der Waals surface area contributed by atoms with Crippen LogP contribution in [-0.4, -0.2) is 33.5 Å². The summed E-state index contributed by atoms with van der Waals surface area (Å²) in [6, 6.07) is 25.6. The Balaban J connectivity index is 1.47. The fourth-order valence-electron chi connectivity index (χ4n) is 3.30. The molecule has 1 N–H and O–H groups in total. The molecular formula is C25H24N4O2S. The van der Waals surface area contributed by atoms with Crippen molar-refractivity contribution in [2.45, 2.75) is 18.5 Å². The number of thioether (sulfide) groups is 1. The van der Waals surface area contributed by atoms with E-state index < -0.39 is 0 Å². The van der Waals surface area contributed by atoms with E-state index in [9.17, 15) is 4.79 Å². The monoisotopic (exact) mass is 444 g/mol. The zero-order valence-corrected chi connectivity index (χ0v) is 18.8. The summed E-state index contributed by atoms with van der Waals surface area (Å²) in [7, 11) is 1.63. The van der Waals surface area contributed by atoms with Crippen molar-refractivity contribution in [3.05, 3.63) is 84.4 Å². The van der Waals surface area contributed by atoms with Gasteiger partial charge in [0.15, 0.2) is 11.0 Å². The minimum absolute atomic E-state index is 0.0418. The summed E-state index contributed by atoms with van der Waals surface area (Å²) in [5.41, 5.74) is 3.72. The number of nitrogens with one attached hydrogen (secondary N) is 1. The molecule has 162 valence electrons. The van der Waals surface area contributed by atoms with Crippen molar-refractivity contribution < 1.29 is 9.53 Å². The molecule has 0 atom stereocenters. The van der Waals surface area contributed by atoms with Gasteiger partial charge in [0, 0.05) is 29.1 Å². The van der Waals surface area contributed by atoms with Crippen LogP contribution in [-0.2, 0) is 4.79 Å². The second-order valence-corrected chi connectivity index (χ2v) is 8.23. The van der Waals surface area contributed by atoms with Crippen LogP contribution in [0.25, 0.3) is 17.1 Å². The Kier molecular flexibility index (Phi) is 6.87. The Morgan fingerprint density at radius 2 is 1.72 bits per heavy atom. The van der Waals surface area contributed by atoms with Crippen LogP contribution in [0, 0.1) is 6.92 Å². The lowest BCUT2D eigenvalue weighted by Gasteiger charge is -2.11. The Bertz CT molecular complexity index is 1190. The van der Waals surface area contributed by atoms with E-state index in [1.54, 1.807) is 7.11 Å². The maximum atomic E-state index is 12.5. The first-order chi connectivity index (χ1) is 15.7. The van der Waals surface area contributed by atoms with E-state index in [1.807, 2.05) is 90.4 Å². The van der Waals surface area contributed by atoms with Gasteiger partial charge in [-0.25, -0.2) is 0 Å². The van der Waals surface area contributed by atoms with Crippen LogP contribution in [0.5, 0.6) is 5.75 Å². The van der Waals surface area contributed by atoms with Gasteiger partial charge in [-0.15, -0.1) is 10.2 Å². The molecule has 0 aliphatic heterocycles. The van der Waals surface area contributed by atoms with Gasteiger partial charge < -0.3 is 10.1 Å². The number of aromatic nitrogens is 3. The van der Waals surface area contributed by atoms with Crippen molar-refractivity contribution in [3.8, 4) is 22.8 Å². The lowest BCUT2D eigenvalue weighted by molar-refractivity contribution is -0.115. The molecule has 0 fully saturated rings. The summed E-state index contributed by atoms with van der Waals surface area (Å²) in [4.78, 5) is 12.5. The highest BCUT2D eigenvalue weighted by Crippen LogP contribution is 2.28. The van der Waals surface area contributed by atoms with Crippen LogP contribution in [0.3, 0.4) is 0 Å². The standard InChI is InChI=1S/C25H24N4O2S/c1-18-17-21(31-2)13-14-22(18)26-23(30)15-16-32-25-28-27-24(19-9-5-3-6-10-19)29(25)20-11-7-4-8-12-20/h3-14,17H,15-16H2,1-2H3,(H,26,30). The maximum absolute atomic E-state index is 12.5. The molecule has 0 unspecified atom stereocenters. The van der Waals surface area contributed by atoms with Gasteiger partial charge in [-0.1, -0.05) is 60.3 Å². The van der Waals surface area contributed by atoms with Crippen LogP contribution in [0.15, 0.2) is 84.0 Å². The fraction of sp³-hybridized carbons (Fsp3) is 0.160. The number of carbonyl (C=O) groups excluding carboxylic acids is 1. The van der Waals surface area contributed by atoms with E-state index in [4.69, 9.17) is 4.74 Å². The molecule has 32 heavy (non-hydrogen) atoms. The van der Waals surface area contributed by atoms with Gasteiger partial charge in [0.05, 0.1) is 7.11 Å². The molecule has 1 amide bonds. The van der Waals surface area contributed by atoms with Gasteiger partial charge in [-0.05, 0) is 42.8 Å². The minimum Gasteiger partial charge on any atom is -0.497 e. The molecule has 3 aromatic carbocycles. The molecule has 0 aliphatic carbocycles. The molecule has 0 bridgehead atoms. The van der Waals surface area contributed by atoms with E-state index in [2.05, 4.69) is 15.5 Å². The average molecular weight is 445 g/mol. The molecule has 1 heterocycles. The molecule has 0 saturated heterocycles. The number of benzene rings is 3. The third-order valence-electron chi connectivity index (χ3n) is 4.95. The van der Waals surface area contributed by atoms with Crippen LogP contribution in [0.4, 0.5) is 5.69 Å². The number of methoxy groups -OCH3 is 1. The molecule has 1 aromatic heterocycles. The molecule has 7 heteroatoms. The number of ether oxygens (including phenoxy) is 1. The van der Waals surface area contributed by atoms with Gasteiger partial charge in [0.25, 0.3) is 0 Å². The number of carbonyl (C=O) groups is 1. The van der Waals surface area contributed by atoms with Crippen molar-refractivity contribution >= 4 is 23.4 Å². The predicted octanol–water partition coefficient (Wildman–Crippen LogP) is 5.37. The number of anilines is 1. The van der Waals surface area contributed by atoms with Crippen LogP contribution >= 0.6 is 11.8 Å². The molecule has 0 spiro atoms. The minimum atomic E-state index is -0.0418.